The van der Waals surface area contributed by atoms with Gasteiger partial charge in [0.05, 0.1) is 6.33 Å². The van der Waals surface area contributed by atoms with Gasteiger partial charge >= 0.3 is 0 Å². The maximum absolute atomic E-state index is 4.19. The first-order valence-electron chi connectivity index (χ1n) is 3.39. The van der Waals surface area contributed by atoms with E-state index in [2.05, 4.69) is 29.1 Å². The van der Waals surface area contributed by atoms with E-state index in [4.69, 9.17) is 0 Å². The molecule has 1 atom stereocenters. The summed E-state index contributed by atoms with van der Waals surface area (Å²) in [6.45, 7) is 3.19. The molecule has 1 aromatic rings. The van der Waals surface area contributed by atoms with Gasteiger partial charge in [0.1, 0.15) is 0 Å². The fraction of sp³-hybridized carbons (Fsp3) is 0.571. The maximum Gasteiger partial charge on any atom is 0.0945 e. The largest absolute Gasteiger partial charge is 0.337 e. The van der Waals surface area contributed by atoms with Gasteiger partial charge in [0.2, 0.25) is 0 Å². The quantitative estimate of drug-likeness (QED) is 0.656. The van der Waals surface area contributed by atoms with Crippen molar-refractivity contribution in [3.05, 3.63) is 18.7 Å². The van der Waals surface area contributed by atoms with Crippen LogP contribution in [-0.2, 0) is 6.54 Å². The average Bonchev–Trinajstić information content (AvgIpc) is 2.40. The first-order chi connectivity index (χ1) is 4.83. The van der Waals surface area contributed by atoms with Gasteiger partial charge in [-0.15, -0.1) is 0 Å². The van der Waals surface area contributed by atoms with E-state index in [0.29, 0.717) is 5.92 Å². The molecule has 0 aliphatic heterocycles. The number of aromatic nitrogens is 2. The standard InChI is InChI=1S/C7H12N2S/c1-7(5-10)4-9-3-2-8-6-9/h2-3,6-7,10H,4-5H2,1H3. The Morgan fingerprint density at radius 2 is 2.50 bits per heavy atom. The molecule has 1 unspecified atom stereocenters. The summed E-state index contributed by atoms with van der Waals surface area (Å²) in [6, 6.07) is 0. The van der Waals surface area contributed by atoms with Gasteiger partial charge in [0.25, 0.3) is 0 Å². The van der Waals surface area contributed by atoms with Crippen LogP contribution in [0.5, 0.6) is 0 Å². The smallest absolute Gasteiger partial charge is 0.0945 e. The first-order valence-corrected chi connectivity index (χ1v) is 4.02. The minimum Gasteiger partial charge on any atom is -0.337 e. The van der Waals surface area contributed by atoms with E-state index in [0.717, 1.165) is 12.3 Å². The molecule has 10 heavy (non-hydrogen) atoms. The van der Waals surface area contributed by atoms with Crippen LogP contribution in [0.1, 0.15) is 6.92 Å². The van der Waals surface area contributed by atoms with Gasteiger partial charge in [-0.3, -0.25) is 0 Å². The van der Waals surface area contributed by atoms with Crippen LogP contribution >= 0.6 is 12.6 Å². The van der Waals surface area contributed by atoms with Crippen molar-refractivity contribution >= 4 is 12.6 Å². The lowest BCUT2D eigenvalue weighted by atomic mass is 10.2. The summed E-state index contributed by atoms with van der Waals surface area (Å²) in [5.41, 5.74) is 0. The number of hydrogen-bond donors (Lipinski definition) is 1. The highest BCUT2D eigenvalue weighted by molar-refractivity contribution is 7.80. The van der Waals surface area contributed by atoms with E-state index >= 15 is 0 Å². The molecule has 0 saturated carbocycles. The molecule has 56 valence electrons. The fourth-order valence-corrected chi connectivity index (χ4v) is 0.928. The van der Waals surface area contributed by atoms with Gasteiger partial charge < -0.3 is 4.57 Å². The lowest BCUT2D eigenvalue weighted by Gasteiger charge is -2.07. The zero-order valence-corrected chi connectivity index (χ0v) is 6.96. The van der Waals surface area contributed by atoms with E-state index in [1.807, 2.05) is 12.5 Å². The predicted octanol–water partition coefficient (Wildman–Crippen LogP) is 1.45. The Hall–Kier alpha value is -0.440. The SMILES string of the molecule is CC(CS)Cn1ccnc1. The van der Waals surface area contributed by atoms with Crippen LogP contribution < -0.4 is 0 Å². The van der Waals surface area contributed by atoms with Gasteiger partial charge in [-0.25, -0.2) is 4.98 Å². The summed E-state index contributed by atoms with van der Waals surface area (Å²) in [5.74, 6) is 1.55. The number of hydrogen-bond acceptors (Lipinski definition) is 2. The van der Waals surface area contributed by atoms with Crippen LogP contribution in [-0.4, -0.2) is 15.3 Å². The van der Waals surface area contributed by atoms with Crippen molar-refractivity contribution in [1.29, 1.82) is 0 Å². The molecule has 0 spiro atoms. The van der Waals surface area contributed by atoms with E-state index in [9.17, 15) is 0 Å². The topological polar surface area (TPSA) is 17.8 Å². The number of rotatable bonds is 3. The Morgan fingerprint density at radius 1 is 1.70 bits per heavy atom. The van der Waals surface area contributed by atoms with Crippen LogP contribution in [0.4, 0.5) is 0 Å². The monoisotopic (exact) mass is 156 g/mol. The third-order valence-corrected chi connectivity index (χ3v) is 2.02. The number of nitrogens with zero attached hydrogens (tertiary/aromatic N) is 2. The van der Waals surface area contributed by atoms with Crippen LogP contribution in [0.15, 0.2) is 18.7 Å². The van der Waals surface area contributed by atoms with Crippen molar-refractivity contribution in [2.24, 2.45) is 5.92 Å². The molecule has 0 fully saturated rings. The summed E-state index contributed by atoms with van der Waals surface area (Å²) in [4.78, 5) is 3.95. The second-order valence-corrected chi connectivity index (χ2v) is 2.91. The van der Waals surface area contributed by atoms with Crippen LogP contribution in [0.25, 0.3) is 0 Å². The van der Waals surface area contributed by atoms with Crippen molar-refractivity contribution in [2.45, 2.75) is 13.5 Å². The molecule has 1 rings (SSSR count). The zero-order valence-electron chi connectivity index (χ0n) is 6.07. The molecular weight excluding hydrogens is 144 g/mol. The van der Waals surface area contributed by atoms with Crippen molar-refractivity contribution in [2.75, 3.05) is 5.75 Å². The molecule has 0 radical (unpaired) electrons. The highest BCUT2D eigenvalue weighted by Gasteiger charge is 1.98. The van der Waals surface area contributed by atoms with E-state index in [1.54, 1.807) is 6.20 Å². The Kier molecular flexibility index (Phi) is 2.81. The molecule has 3 heteroatoms. The average molecular weight is 156 g/mol. The molecule has 0 N–H and O–H groups in total. The van der Waals surface area contributed by atoms with E-state index < -0.39 is 0 Å². The third kappa shape index (κ3) is 2.06. The second-order valence-electron chi connectivity index (χ2n) is 2.55. The molecule has 0 aliphatic rings. The van der Waals surface area contributed by atoms with Crippen LogP contribution in [0.2, 0.25) is 0 Å². The Balaban J connectivity index is 2.40. The van der Waals surface area contributed by atoms with Crippen LogP contribution in [0.3, 0.4) is 0 Å². The number of thiol groups is 1. The lowest BCUT2D eigenvalue weighted by molar-refractivity contribution is 0.531. The molecule has 1 aromatic heterocycles. The first kappa shape index (κ1) is 7.66. The Bertz CT molecular complexity index is 172. The summed E-state index contributed by atoms with van der Waals surface area (Å²) in [7, 11) is 0. The predicted molar refractivity (Wildman–Crippen MR) is 45.2 cm³/mol. The molecule has 0 aliphatic carbocycles. The molecule has 0 bridgehead atoms. The highest BCUT2D eigenvalue weighted by Crippen LogP contribution is 2.01. The maximum atomic E-state index is 4.19. The lowest BCUT2D eigenvalue weighted by Crippen LogP contribution is -2.06. The molecule has 1 heterocycles. The van der Waals surface area contributed by atoms with Gasteiger partial charge in [-0.05, 0) is 11.7 Å². The Morgan fingerprint density at radius 3 is 3.00 bits per heavy atom. The summed E-state index contributed by atoms with van der Waals surface area (Å²) in [5, 5.41) is 0. The van der Waals surface area contributed by atoms with Crippen molar-refractivity contribution in [1.82, 2.24) is 9.55 Å². The van der Waals surface area contributed by atoms with Gasteiger partial charge in [-0.1, -0.05) is 6.92 Å². The zero-order chi connectivity index (χ0) is 7.40. The van der Waals surface area contributed by atoms with Crippen molar-refractivity contribution in [3.63, 3.8) is 0 Å². The molecule has 0 amide bonds. The molecule has 0 aromatic carbocycles. The Labute approximate surface area is 66.7 Å². The summed E-state index contributed by atoms with van der Waals surface area (Å²) in [6.07, 6.45) is 5.60. The van der Waals surface area contributed by atoms with Gasteiger partial charge in [-0.2, -0.15) is 12.6 Å². The molecule has 2 nitrogen and oxygen atoms in total. The number of imidazole rings is 1. The highest BCUT2D eigenvalue weighted by atomic mass is 32.1. The van der Waals surface area contributed by atoms with E-state index in [1.165, 1.54) is 0 Å². The third-order valence-electron chi connectivity index (χ3n) is 1.39. The van der Waals surface area contributed by atoms with Gasteiger partial charge in [0, 0.05) is 18.9 Å². The minimum absolute atomic E-state index is 0.623. The van der Waals surface area contributed by atoms with Crippen molar-refractivity contribution < 1.29 is 0 Å². The van der Waals surface area contributed by atoms with Gasteiger partial charge in [0.15, 0.2) is 0 Å². The summed E-state index contributed by atoms with van der Waals surface area (Å²) < 4.78 is 2.07. The summed E-state index contributed by atoms with van der Waals surface area (Å²) >= 11 is 4.19. The minimum atomic E-state index is 0.623. The van der Waals surface area contributed by atoms with E-state index in [-0.39, 0.29) is 0 Å². The molecular formula is C7H12N2S. The second kappa shape index (κ2) is 3.66. The fourth-order valence-electron chi connectivity index (χ4n) is 0.812. The normalized spacial score (nSPS) is 13.4. The van der Waals surface area contributed by atoms with Crippen LogP contribution in [0, 0.1) is 5.92 Å². The van der Waals surface area contributed by atoms with Crippen molar-refractivity contribution in [3.8, 4) is 0 Å². The molecule has 0 saturated heterocycles.